The summed E-state index contributed by atoms with van der Waals surface area (Å²) in [6.45, 7) is 0.491. The number of imide groups is 1. The summed E-state index contributed by atoms with van der Waals surface area (Å²) in [7, 11) is 0. The van der Waals surface area contributed by atoms with Crippen molar-refractivity contribution in [3.63, 3.8) is 0 Å². The first-order valence-corrected chi connectivity index (χ1v) is 8.22. The molecular weight excluding hydrogens is 308 g/mol. The lowest BCUT2D eigenvalue weighted by Crippen LogP contribution is -2.44. The molecule has 7 nitrogen and oxygen atoms in total. The minimum Gasteiger partial charge on any atom is -0.362 e. The molecule has 0 bridgehead atoms. The van der Waals surface area contributed by atoms with E-state index in [1.165, 1.54) is 4.90 Å². The maximum absolute atomic E-state index is 12.4. The lowest BCUT2D eigenvalue weighted by Gasteiger charge is -2.27. The van der Waals surface area contributed by atoms with Crippen LogP contribution in [0.2, 0.25) is 0 Å². The van der Waals surface area contributed by atoms with E-state index in [9.17, 15) is 9.59 Å². The molecule has 2 N–H and O–H groups in total. The second-order valence-corrected chi connectivity index (χ2v) is 6.53. The molecule has 0 saturated heterocycles. The molecule has 1 fully saturated rings. The Balaban J connectivity index is 1.40. The van der Waals surface area contributed by atoms with Crippen LogP contribution in [0.3, 0.4) is 0 Å². The minimum atomic E-state index is -0.170. The zero-order valence-electron chi connectivity index (χ0n) is 13.2. The molecule has 0 atom stereocenters. The molecule has 2 aromatic rings. The number of nitrogen functional groups attached to an aromatic ring is 1. The minimum absolute atomic E-state index is 0.170. The summed E-state index contributed by atoms with van der Waals surface area (Å²) in [4.78, 5) is 26.3. The third-order valence-electron chi connectivity index (χ3n) is 5.01. The fourth-order valence-corrected chi connectivity index (χ4v) is 3.70. The number of nitrogens with two attached hydrogens (primary N) is 1. The molecule has 1 saturated carbocycles. The first-order chi connectivity index (χ1) is 11.6. The number of fused-ring (bicyclic) bond motifs is 1. The van der Waals surface area contributed by atoms with Crippen molar-refractivity contribution >= 4 is 17.7 Å². The van der Waals surface area contributed by atoms with Crippen LogP contribution in [0.25, 0.3) is 0 Å². The summed E-state index contributed by atoms with van der Waals surface area (Å²) in [5.41, 5.74) is 6.60. The maximum atomic E-state index is 12.4. The summed E-state index contributed by atoms with van der Waals surface area (Å²) < 4.78 is 6.68. The molecule has 0 unspecified atom stereocenters. The largest absolute Gasteiger partial charge is 0.362 e. The SMILES string of the molecule is Nc1c[n+](C2CCC(CN3C(=O)c4ccccc4C3=O)CC2)no1. The van der Waals surface area contributed by atoms with Gasteiger partial charge >= 0.3 is 0 Å². The average Bonchev–Trinajstić information content (AvgIpc) is 3.14. The number of anilines is 1. The van der Waals surface area contributed by atoms with E-state index >= 15 is 0 Å². The Morgan fingerprint density at radius 1 is 1.12 bits per heavy atom. The van der Waals surface area contributed by atoms with Crippen molar-refractivity contribution in [1.82, 2.24) is 10.2 Å². The second-order valence-electron chi connectivity index (χ2n) is 6.53. The van der Waals surface area contributed by atoms with Gasteiger partial charge in [-0.05, 0) is 35.6 Å². The Hall–Kier alpha value is -2.70. The van der Waals surface area contributed by atoms with Gasteiger partial charge in [0.2, 0.25) is 5.27 Å². The van der Waals surface area contributed by atoms with Gasteiger partial charge in [0, 0.05) is 19.4 Å². The second kappa shape index (κ2) is 5.74. The standard InChI is InChI=1S/C17H19N4O3/c18-15-10-21(19-24-15)12-7-5-11(6-8-12)9-20-16(22)13-3-1-2-4-14(13)17(20)23/h1-4,10-12H,5-9,18H2/q+1. The zero-order chi connectivity index (χ0) is 16.7. The Kier molecular flexibility index (Phi) is 3.55. The van der Waals surface area contributed by atoms with Crippen LogP contribution in [0, 0.1) is 5.92 Å². The van der Waals surface area contributed by atoms with E-state index in [2.05, 4.69) is 5.27 Å². The topological polar surface area (TPSA) is 93.3 Å². The third kappa shape index (κ3) is 2.46. The molecule has 2 amide bonds. The molecule has 1 aliphatic heterocycles. The molecule has 0 spiro atoms. The van der Waals surface area contributed by atoms with Gasteiger partial charge in [-0.15, -0.1) is 0 Å². The van der Waals surface area contributed by atoms with Crippen molar-refractivity contribution < 1.29 is 18.8 Å². The monoisotopic (exact) mass is 327 g/mol. The summed E-state index contributed by atoms with van der Waals surface area (Å²) >= 11 is 0. The fourth-order valence-electron chi connectivity index (χ4n) is 3.70. The van der Waals surface area contributed by atoms with Crippen molar-refractivity contribution in [3.8, 4) is 0 Å². The van der Waals surface area contributed by atoms with E-state index in [0.717, 1.165) is 25.7 Å². The lowest BCUT2D eigenvalue weighted by molar-refractivity contribution is -0.787. The zero-order valence-corrected chi connectivity index (χ0v) is 13.2. The van der Waals surface area contributed by atoms with Crippen molar-refractivity contribution in [2.75, 3.05) is 12.3 Å². The Bertz CT molecular complexity index is 758. The van der Waals surface area contributed by atoms with E-state index in [1.54, 1.807) is 35.1 Å². The smallest absolute Gasteiger partial charge is 0.293 e. The fraction of sp³-hybridized carbons (Fsp3) is 0.412. The molecule has 2 heterocycles. The summed E-state index contributed by atoms with van der Waals surface area (Å²) in [6.07, 6.45) is 5.46. The van der Waals surface area contributed by atoms with Crippen molar-refractivity contribution in [2.45, 2.75) is 31.7 Å². The van der Waals surface area contributed by atoms with Crippen LogP contribution in [-0.2, 0) is 0 Å². The molecule has 24 heavy (non-hydrogen) atoms. The van der Waals surface area contributed by atoms with E-state index in [4.69, 9.17) is 10.3 Å². The van der Waals surface area contributed by atoms with Gasteiger partial charge in [0.25, 0.3) is 23.9 Å². The van der Waals surface area contributed by atoms with Crippen LogP contribution in [0.4, 0.5) is 5.88 Å². The Labute approximate surface area is 139 Å². The van der Waals surface area contributed by atoms with E-state index in [0.29, 0.717) is 29.5 Å². The van der Waals surface area contributed by atoms with Crippen LogP contribution >= 0.6 is 0 Å². The number of amides is 2. The van der Waals surface area contributed by atoms with Crippen LogP contribution in [0.1, 0.15) is 52.4 Å². The quantitative estimate of drug-likeness (QED) is 0.682. The Morgan fingerprint density at radius 3 is 2.29 bits per heavy atom. The van der Waals surface area contributed by atoms with Crippen molar-refractivity contribution in [1.29, 1.82) is 0 Å². The summed E-state index contributed by atoms with van der Waals surface area (Å²) in [5, 5.41) is 3.92. The number of benzene rings is 1. The number of aromatic nitrogens is 2. The van der Waals surface area contributed by atoms with E-state index in [-0.39, 0.29) is 17.9 Å². The first kappa shape index (κ1) is 14.9. The van der Waals surface area contributed by atoms with E-state index < -0.39 is 0 Å². The molecule has 0 radical (unpaired) electrons. The van der Waals surface area contributed by atoms with Gasteiger partial charge in [-0.1, -0.05) is 12.1 Å². The number of nitrogens with zero attached hydrogens (tertiary/aromatic N) is 3. The van der Waals surface area contributed by atoms with Gasteiger partial charge in [-0.3, -0.25) is 19.0 Å². The first-order valence-electron chi connectivity index (χ1n) is 8.22. The molecule has 124 valence electrons. The lowest BCUT2D eigenvalue weighted by atomic mass is 9.85. The molecule has 4 rings (SSSR count). The van der Waals surface area contributed by atoms with Gasteiger partial charge in [0.05, 0.1) is 11.1 Å². The average molecular weight is 327 g/mol. The van der Waals surface area contributed by atoms with Crippen LogP contribution in [0.15, 0.2) is 35.0 Å². The summed E-state index contributed by atoms with van der Waals surface area (Å²) in [6, 6.07) is 7.29. The van der Waals surface area contributed by atoms with Crippen LogP contribution in [0.5, 0.6) is 0 Å². The highest BCUT2D eigenvalue weighted by atomic mass is 16.5. The van der Waals surface area contributed by atoms with Gasteiger partial charge in [0.1, 0.15) is 0 Å². The molecule has 2 aliphatic rings. The highest BCUT2D eigenvalue weighted by molar-refractivity contribution is 6.21. The number of rotatable bonds is 3. The number of carbonyl (C=O) groups excluding carboxylic acids is 2. The van der Waals surface area contributed by atoms with Crippen LogP contribution in [-0.4, -0.2) is 28.5 Å². The number of hydrogen-bond acceptors (Lipinski definition) is 5. The normalized spacial score (nSPS) is 23.6. The van der Waals surface area contributed by atoms with Gasteiger partial charge in [-0.2, -0.15) is 0 Å². The Morgan fingerprint density at radius 2 is 1.75 bits per heavy atom. The van der Waals surface area contributed by atoms with Gasteiger partial charge in [0.15, 0.2) is 6.04 Å². The predicted molar refractivity (Wildman–Crippen MR) is 83.9 cm³/mol. The number of carbonyl (C=O) groups is 2. The summed E-state index contributed by atoms with van der Waals surface area (Å²) in [5.74, 6) is 0.296. The number of hydrogen-bond donors (Lipinski definition) is 1. The molecule has 1 aromatic carbocycles. The van der Waals surface area contributed by atoms with Gasteiger partial charge < -0.3 is 5.73 Å². The molecule has 1 aliphatic carbocycles. The maximum Gasteiger partial charge on any atom is 0.293 e. The molecule has 7 heteroatoms. The van der Waals surface area contributed by atoms with E-state index in [1.807, 2.05) is 0 Å². The predicted octanol–water partition coefficient (Wildman–Crippen LogP) is 1.57. The molecule has 1 aromatic heterocycles. The van der Waals surface area contributed by atoms with Crippen molar-refractivity contribution in [3.05, 3.63) is 41.6 Å². The highest BCUT2D eigenvalue weighted by Crippen LogP contribution is 2.31. The molecular formula is C17H19N4O3+. The highest BCUT2D eigenvalue weighted by Gasteiger charge is 2.38. The third-order valence-corrected chi connectivity index (χ3v) is 5.01. The van der Waals surface area contributed by atoms with Gasteiger partial charge in [-0.25, -0.2) is 0 Å². The van der Waals surface area contributed by atoms with Crippen molar-refractivity contribution in [2.24, 2.45) is 5.92 Å². The van der Waals surface area contributed by atoms with Crippen LogP contribution < -0.4 is 10.4 Å².